The van der Waals surface area contributed by atoms with Crippen molar-refractivity contribution in [2.75, 3.05) is 26.1 Å². The number of ether oxygens (including phenoxy) is 2. The fourth-order valence-electron chi connectivity index (χ4n) is 3.98. The summed E-state index contributed by atoms with van der Waals surface area (Å²) in [5.41, 5.74) is 2.02. The maximum absolute atomic E-state index is 14.2. The average Bonchev–Trinajstić information content (AvgIpc) is 2.95. The molecule has 0 saturated carbocycles. The molecule has 1 N–H and O–H groups in total. The number of amides is 2. The minimum absolute atomic E-state index is 0.0318. The number of carbonyl (C=O) groups is 2. The van der Waals surface area contributed by atoms with Gasteiger partial charge in [0.25, 0.3) is 0 Å². The Kier molecular flexibility index (Phi) is 6.26. The molecule has 0 fully saturated rings. The van der Waals surface area contributed by atoms with Crippen LogP contribution in [-0.4, -0.2) is 37.5 Å². The molecule has 1 heterocycles. The van der Waals surface area contributed by atoms with Gasteiger partial charge in [-0.3, -0.25) is 9.59 Å². The molecule has 0 unspecified atom stereocenters. The standard InChI is InChI=1S/C25H22F2N2O4/c1-32-21-10-3-15(11-22(21)33-2)12-24(31)29-14-23(30)28-20-9-8-18(27)13-19(20)25(29)16-4-6-17(26)7-5-16/h3-11,13,25H,12,14H2,1-2H3,(H,28,30)/t25-/m1/s1. The van der Waals surface area contributed by atoms with Crippen LogP contribution in [0.5, 0.6) is 11.5 Å². The largest absolute Gasteiger partial charge is 0.493 e. The smallest absolute Gasteiger partial charge is 0.244 e. The summed E-state index contributed by atoms with van der Waals surface area (Å²) in [4.78, 5) is 27.5. The van der Waals surface area contributed by atoms with Crippen molar-refractivity contribution < 1.29 is 27.8 Å². The van der Waals surface area contributed by atoms with E-state index in [0.717, 1.165) is 0 Å². The zero-order valence-corrected chi connectivity index (χ0v) is 18.1. The van der Waals surface area contributed by atoms with Gasteiger partial charge in [0.15, 0.2) is 11.5 Å². The predicted molar refractivity (Wildman–Crippen MR) is 118 cm³/mol. The second-order valence-corrected chi connectivity index (χ2v) is 7.62. The third-order valence-electron chi connectivity index (χ3n) is 5.52. The van der Waals surface area contributed by atoms with Crippen molar-refractivity contribution in [1.29, 1.82) is 0 Å². The van der Waals surface area contributed by atoms with Crippen LogP contribution in [0, 0.1) is 11.6 Å². The van der Waals surface area contributed by atoms with E-state index in [1.165, 1.54) is 61.6 Å². The Labute approximate surface area is 189 Å². The van der Waals surface area contributed by atoms with Gasteiger partial charge in [-0.1, -0.05) is 18.2 Å². The van der Waals surface area contributed by atoms with Gasteiger partial charge in [0.2, 0.25) is 11.8 Å². The third kappa shape index (κ3) is 4.64. The second-order valence-electron chi connectivity index (χ2n) is 7.62. The third-order valence-corrected chi connectivity index (χ3v) is 5.52. The van der Waals surface area contributed by atoms with Crippen LogP contribution in [0.2, 0.25) is 0 Å². The quantitative estimate of drug-likeness (QED) is 0.633. The van der Waals surface area contributed by atoms with Crippen molar-refractivity contribution in [1.82, 2.24) is 4.90 Å². The summed E-state index contributed by atoms with van der Waals surface area (Å²) < 4.78 is 38.4. The number of carbonyl (C=O) groups excluding carboxylic acids is 2. The molecule has 6 nitrogen and oxygen atoms in total. The average molecular weight is 452 g/mol. The number of fused-ring (bicyclic) bond motifs is 1. The summed E-state index contributed by atoms with van der Waals surface area (Å²) in [5, 5.41) is 2.73. The highest BCUT2D eigenvalue weighted by Gasteiger charge is 2.33. The topological polar surface area (TPSA) is 67.9 Å². The number of anilines is 1. The van der Waals surface area contributed by atoms with Crippen molar-refractivity contribution >= 4 is 17.5 Å². The summed E-state index contributed by atoms with van der Waals surface area (Å²) in [5.74, 6) is -0.721. The fourth-order valence-corrected chi connectivity index (χ4v) is 3.98. The molecule has 1 aliphatic rings. The first-order valence-corrected chi connectivity index (χ1v) is 10.2. The molecular weight excluding hydrogens is 430 g/mol. The Bertz CT molecular complexity index is 1200. The Morgan fingerprint density at radius 2 is 1.67 bits per heavy atom. The van der Waals surface area contributed by atoms with Gasteiger partial charge < -0.3 is 19.7 Å². The molecular formula is C25H22F2N2O4. The van der Waals surface area contributed by atoms with E-state index in [2.05, 4.69) is 5.32 Å². The number of rotatable bonds is 5. The molecule has 170 valence electrons. The summed E-state index contributed by atoms with van der Waals surface area (Å²) in [6, 6.07) is 13.9. The molecule has 0 bridgehead atoms. The molecule has 8 heteroatoms. The van der Waals surface area contributed by atoms with Gasteiger partial charge in [0.05, 0.1) is 26.7 Å². The lowest BCUT2D eigenvalue weighted by Crippen LogP contribution is -2.39. The Morgan fingerprint density at radius 1 is 0.970 bits per heavy atom. The van der Waals surface area contributed by atoms with Gasteiger partial charge in [-0.25, -0.2) is 8.78 Å². The van der Waals surface area contributed by atoms with Crippen LogP contribution in [0.15, 0.2) is 60.7 Å². The van der Waals surface area contributed by atoms with Crippen LogP contribution in [0.25, 0.3) is 0 Å². The number of halogens is 2. The van der Waals surface area contributed by atoms with Crippen molar-refractivity contribution in [2.45, 2.75) is 12.5 Å². The Hall–Kier alpha value is -3.94. The molecule has 4 rings (SSSR count). The van der Waals surface area contributed by atoms with Gasteiger partial charge in [-0.15, -0.1) is 0 Å². The molecule has 0 spiro atoms. The van der Waals surface area contributed by atoms with E-state index in [1.807, 2.05) is 0 Å². The zero-order chi connectivity index (χ0) is 23.5. The number of nitrogens with zero attached hydrogens (tertiary/aromatic N) is 1. The lowest BCUT2D eigenvalue weighted by molar-refractivity contribution is -0.135. The molecule has 0 aliphatic carbocycles. The van der Waals surface area contributed by atoms with Crippen molar-refractivity contribution in [3.63, 3.8) is 0 Å². The van der Waals surface area contributed by atoms with Crippen molar-refractivity contribution in [3.8, 4) is 11.5 Å². The summed E-state index contributed by atoms with van der Waals surface area (Å²) in [7, 11) is 3.01. The van der Waals surface area contributed by atoms with E-state index in [-0.39, 0.29) is 18.9 Å². The number of hydrogen-bond donors (Lipinski definition) is 1. The van der Waals surface area contributed by atoms with Gasteiger partial charge in [-0.05, 0) is 53.6 Å². The zero-order valence-electron chi connectivity index (χ0n) is 18.1. The first-order valence-electron chi connectivity index (χ1n) is 10.2. The first-order chi connectivity index (χ1) is 15.9. The van der Waals surface area contributed by atoms with E-state index >= 15 is 0 Å². The monoisotopic (exact) mass is 452 g/mol. The molecule has 0 radical (unpaired) electrons. The minimum Gasteiger partial charge on any atom is -0.493 e. The van der Waals surface area contributed by atoms with Crippen molar-refractivity contribution in [2.24, 2.45) is 0 Å². The van der Waals surface area contributed by atoms with E-state index < -0.39 is 23.6 Å². The van der Waals surface area contributed by atoms with Gasteiger partial charge in [0, 0.05) is 11.3 Å². The number of benzene rings is 3. The van der Waals surface area contributed by atoms with Crippen LogP contribution in [-0.2, 0) is 16.0 Å². The normalized spacial score (nSPS) is 15.3. The summed E-state index contributed by atoms with van der Waals surface area (Å²) in [6.07, 6.45) is -0.0318. The van der Waals surface area contributed by atoms with Crippen LogP contribution in [0.4, 0.5) is 14.5 Å². The van der Waals surface area contributed by atoms with Crippen LogP contribution in [0.3, 0.4) is 0 Å². The highest BCUT2D eigenvalue weighted by atomic mass is 19.1. The highest BCUT2D eigenvalue weighted by Crippen LogP contribution is 2.37. The number of hydrogen-bond acceptors (Lipinski definition) is 4. The van der Waals surface area contributed by atoms with E-state index in [9.17, 15) is 18.4 Å². The molecule has 1 aliphatic heterocycles. The van der Waals surface area contributed by atoms with Crippen LogP contribution < -0.4 is 14.8 Å². The van der Waals surface area contributed by atoms with E-state index in [4.69, 9.17) is 9.47 Å². The van der Waals surface area contributed by atoms with E-state index in [0.29, 0.717) is 33.9 Å². The lowest BCUT2D eigenvalue weighted by Gasteiger charge is -2.31. The van der Waals surface area contributed by atoms with Crippen LogP contribution in [0.1, 0.15) is 22.7 Å². The molecule has 0 aromatic heterocycles. The number of nitrogens with one attached hydrogen (secondary N) is 1. The van der Waals surface area contributed by atoms with Gasteiger partial charge >= 0.3 is 0 Å². The Balaban J connectivity index is 1.76. The molecule has 2 amide bonds. The van der Waals surface area contributed by atoms with Crippen molar-refractivity contribution in [3.05, 3.63) is 89.0 Å². The molecule has 0 saturated heterocycles. The molecule has 3 aromatic carbocycles. The maximum Gasteiger partial charge on any atom is 0.244 e. The molecule has 33 heavy (non-hydrogen) atoms. The summed E-state index contributed by atoms with van der Waals surface area (Å²) >= 11 is 0. The van der Waals surface area contributed by atoms with Crippen LogP contribution >= 0.6 is 0 Å². The first kappa shape index (κ1) is 22.3. The Morgan fingerprint density at radius 3 is 2.36 bits per heavy atom. The second kappa shape index (κ2) is 9.28. The van der Waals surface area contributed by atoms with Gasteiger partial charge in [0.1, 0.15) is 18.2 Å². The van der Waals surface area contributed by atoms with E-state index in [1.54, 1.807) is 18.2 Å². The highest BCUT2D eigenvalue weighted by molar-refractivity contribution is 5.97. The SMILES string of the molecule is COc1ccc(CC(=O)N2CC(=O)Nc3ccc(F)cc3[C@H]2c2ccc(F)cc2)cc1OC. The molecule has 1 atom stereocenters. The minimum atomic E-state index is -0.789. The summed E-state index contributed by atoms with van der Waals surface area (Å²) in [6.45, 7) is -0.246. The predicted octanol–water partition coefficient (Wildman–Crippen LogP) is 4.09. The molecule has 3 aromatic rings. The number of methoxy groups -OCH3 is 2. The van der Waals surface area contributed by atoms with Gasteiger partial charge in [-0.2, -0.15) is 0 Å². The fraction of sp³-hybridized carbons (Fsp3) is 0.200. The lowest BCUT2D eigenvalue weighted by atomic mass is 9.95. The maximum atomic E-state index is 14.2.